The average Bonchev–Trinajstić information content (AvgIpc) is 2.33. The summed E-state index contributed by atoms with van der Waals surface area (Å²) in [5, 5.41) is 2.78. The molecular formula is C11H14F4N2O2S. The van der Waals surface area contributed by atoms with E-state index in [1.54, 1.807) is 7.05 Å². The van der Waals surface area contributed by atoms with Gasteiger partial charge in [-0.1, -0.05) is 0 Å². The minimum Gasteiger partial charge on any atom is -0.320 e. The Morgan fingerprint density at radius 1 is 1.20 bits per heavy atom. The van der Waals surface area contributed by atoms with Crippen molar-refractivity contribution in [2.45, 2.75) is 17.5 Å². The van der Waals surface area contributed by atoms with Crippen molar-refractivity contribution in [3.8, 4) is 0 Å². The fourth-order valence-electron chi connectivity index (χ4n) is 1.44. The Labute approximate surface area is 114 Å². The predicted octanol–water partition coefficient (Wildman–Crippen LogP) is 1.73. The van der Waals surface area contributed by atoms with Gasteiger partial charge >= 0.3 is 6.18 Å². The number of nitrogens with one attached hydrogen (secondary N) is 2. The Kier molecular flexibility index (Phi) is 5.49. The summed E-state index contributed by atoms with van der Waals surface area (Å²) in [7, 11) is -2.64. The van der Waals surface area contributed by atoms with E-state index in [-0.39, 0.29) is 12.6 Å². The van der Waals surface area contributed by atoms with E-state index in [9.17, 15) is 26.0 Å². The number of hydrogen-bond acceptors (Lipinski definition) is 3. The van der Waals surface area contributed by atoms with Gasteiger partial charge in [0.05, 0.1) is 5.56 Å². The van der Waals surface area contributed by atoms with E-state index in [4.69, 9.17) is 0 Å². The van der Waals surface area contributed by atoms with Crippen LogP contribution in [0.15, 0.2) is 23.1 Å². The van der Waals surface area contributed by atoms with Crippen molar-refractivity contribution in [2.24, 2.45) is 0 Å². The van der Waals surface area contributed by atoms with Crippen molar-refractivity contribution in [2.75, 3.05) is 20.1 Å². The highest BCUT2D eigenvalue weighted by molar-refractivity contribution is 7.89. The molecule has 114 valence electrons. The van der Waals surface area contributed by atoms with Gasteiger partial charge in [0, 0.05) is 6.54 Å². The van der Waals surface area contributed by atoms with Crippen molar-refractivity contribution in [1.82, 2.24) is 10.0 Å². The first-order chi connectivity index (χ1) is 9.18. The van der Waals surface area contributed by atoms with Gasteiger partial charge in [0.2, 0.25) is 10.0 Å². The monoisotopic (exact) mass is 314 g/mol. The molecule has 0 saturated heterocycles. The molecule has 9 heteroatoms. The SMILES string of the molecule is CNCCCNS(=O)(=O)c1cc(C(F)(F)F)ccc1F. The Morgan fingerprint density at radius 2 is 1.85 bits per heavy atom. The van der Waals surface area contributed by atoms with Crippen LogP contribution in [-0.4, -0.2) is 28.6 Å². The smallest absolute Gasteiger partial charge is 0.320 e. The molecule has 0 fully saturated rings. The summed E-state index contributed by atoms with van der Waals surface area (Å²) < 4.78 is 76.5. The molecule has 0 atom stereocenters. The van der Waals surface area contributed by atoms with E-state index in [0.717, 1.165) is 0 Å². The second kappa shape index (κ2) is 6.51. The van der Waals surface area contributed by atoms with Crippen LogP contribution in [0.1, 0.15) is 12.0 Å². The molecule has 4 nitrogen and oxygen atoms in total. The number of hydrogen-bond donors (Lipinski definition) is 2. The zero-order valence-corrected chi connectivity index (χ0v) is 11.4. The Bertz CT molecular complexity index is 558. The molecule has 0 spiro atoms. The summed E-state index contributed by atoms with van der Waals surface area (Å²) in [6.07, 6.45) is -4.31. The van der Waals surface area contributed by atoms with Crippen molar-refractivity contribution >= 4 is 10.0 Å². The molecular weight excluding hydrogens is 300 g/mol. The average molecular weight is 314 g/mol. The normalized spacial score (nSPS) is 12.7. The third kappa shape index (κ3) is 4.43. The van der Waals surface area contributed by atoms with Gasteiger partial charge in [-0.05, 0) is 38.2 Å². The molecule has 0 aromatic heterocycles. The number of sulfonamides is 1. The van der Waals surface area contributed by atoms with Crippen molar-refractivity contribution < 1.29 is 26.0 Å². The zero-order valence-electron chi connectivity index (χ0n) is 10.6. The lowest BCUT2D eigenvalue weighted by molar-refractivity contribution is -0.137. The number of alkyl halides is 3. The fourth-order valence-corrected chi connectivity index (χ4v) is 2.61. The largest absolute Gasteiger partial charge is 0.416 e. The highest BCUT2D eigenvalue weighted by Gasteiger charge is 2.32. The van der Waals surface area contributed by atoms with Gasteiger partial charge in [0.25, 0.3) is 0 Å². The quantitative estimate of drug-likeness (QED) is 0.621. The van der Waals surface area contributed by atoms with Gasteiger partial charge in [-0.25, -0.2) is 17.5 Å². The lowest BCUT2D eigenvalue weighted by atomic mass is 10.2. The lowest BCUT2D eigenvalue weighted by Crippen LogP contribution is -2.27. The molecule has 0 aliphatic heterocycles. The standard InChI is InChI=1S/C11H14F4N2O2S/c1-16-5-2-6-17-20(18,19)10-7-8(11(13,14)15)3-4-9(10)12/h3-4,7,16-17H,2,5-6H2,1H3. The highest BCUT2D eigenvalue weighted by Crippen LogP contribution is 2.31. The van der Waals surface area contributed by atoms with E-state index in [2.05, 4.69) is 10.0 Å². The Morgan fingerprint density at radius 3 is 2.40 bits per heavy atom. The van der Waals surface area contributed by atoms with Crippen LogP contribution < -0.4 is 10.0 Å². The second-order valence-corrected chi connectivity index (χ2v) is 5.73. The number of rotatable bonds is 6. The van der Waals surface area contributed by atoms with Crippen molar-refractivity contribution in [1.29, 1.82) is 0 Å². The van der Waals surface area contributed by atoms with E-state index >= 15 is 0 Å². The maximum atomic E-state index is 13.4. The molecule has 0 aliphatic carbocycles. The Hall–Kier alpha value is -1.19. The van der Waals surface area contributed by atoms with Gasteiger partial charge < -0.3 is 5.32 Å². The molecule has 1 rings (SSSR count). The molecule has 0 amide bonds. The minimum absolute atomic E-state index is 0.00113. The topological polar surface area (TPSA) is 58.2 Å². The van der Waals surface area contributed by atoms with Gasteiger partial charge in [0.15, 0.2) is 0 Å². The lowest BCUT2D eigenvalue weighted by Gasteiger charge is -2.11. The maximum Gasteiger partial charge on any atom is 0.416 e. The number of halogens is 4. The van der Waals surface area contributed by atoms with Gasteiger partial charge in [-0.2, -0.15) is 13.2 Å². The summed E-state index contributed by atoms with van der Waals surface area (Å²) in [4.78, 5) is -1.00. The molecule has 1 aromatic carbocycles. The molecule has 0 radical (unpaired) electrons. The fraction of sp³-hybridized carbons (Fsp3) is 0.455. The van der Waals surface area contributed by atoms with Gasteiger partial charge in [-0.3, -0.25) is 0 Å². The van der Waals surface area contributed by atoms with Crippen molar-refractivity contribution in [3.63, 3.8) is 0 Å². The van der Waals surface area contributed by atoms with Crippen molar-refractivity contribution in [3.05, 3.63) is 29.6 Å². The Balaban J connectivity index is 2.99. The molecule has 0 bridgehead atoms. The summed E-state index contributed by atoms with van der Waals surface area (Å²) >= 11 is 0. The molecule has 0 unspecified atom stereocenters. The molecule has 0 aliphatic rings. The summed E-state index contributed by atoms with van der Waals surface area (Å²) in [5.41, 5.74) is -1.21. The van der Waals surface area contributed by atoms with Gasteiger partial charge in [-0.15, -0.1) is 0 Å². The third-order valence-corrected chi connectivity index (χ3v) is 3.92. The first-order valence-electron chi connectivity index (χ1n) is 5.69. The van der Waals surface area contributed by atoms with Crippen LogP contribution in [0.25, 0.3) is 0 Å². The van der Waals surface area contributed by atoms with Crippen LogP contribution in [0.2, 0.25) is 0 Å². The molecule has 2 N–H and O–H groups in total. The van der Waals surface area contributed by atoms with Crippen LogP contribution >= 0.6 is 0 Å². The minimum atomic E-state index is -4.73. The van der Waals surface area contributed by atoms with E-state index < -0.39 is 32.5 Å². The molecule has 20 heavy (non-hydrogen) atoms. The van der Waals surface area contributed by atoms with Crippen LogP contribution in [0, 0.1) is 5.82 Å². The third-order valence-electron chi connectivity index (χ3n) is 2.44. The van der Waals surface area contributed by atoms with E-state index in [1.165, 1.54) is 0 Å². The highest BCUT2D eigenvalue weighted by atomic mass is 32.2. The molecule has 1 aromatic rings. The van der Waals surface area contributed by atoms with Crippen LogP contribution in [0.4, 0.5) is 17.6 Å². The second-order valence-electron chi connectivity index (χ2n) is 4.00. The van der Waals surface area contributed by atoms with E-state index in [0.29, 0.717) is 25.1 Å². The van der Waals surface area contributed by atoms with Crippen LogP contribution in [0.3, 0.4) is 0 Å². The summed E-state index contributed by atoms with van der Waals surface area (Å²) in [6, 6.07) is 1.27. The van der Waals surface area contributed by atoms with Gasteiger partial charge in [0.1, 0.15) is 10.7 Å². The maximum absolute atomic E-state index is 13.4. The predicted molar refractivity (Wildman–Crippen MR) is 65.1 cm³/mol. The summed E-state index contributed by atoms with van der Waals surface area (Å²) in [6.45, 7) is 0.520. The van der Waals surface area contributed by atoms with E-state index in [1.807, 2.05) is 0 Å². The molecule has 0 heterocycles. The molecule has 0 saturated carbocycles. The number of benzene rings is 1. The first kappa shape index (κ1) is 16.9. The zero-order chi connectivity index (χ0) is 15.4. The van der Waals surface area contributed by atoms with Crippen LogP contribution in [-0.2, 0) is 16.2 Å². The summed E-state index contributed by atoms with van der Waals surface area (Å²) in [5.74, 6) is -1.22. The van der Waals surface area contributed by atoms with Crippen LogP contribution in [0.5, 0.6) is 0 Å². The first-order valence-corrected chi connectivity index (χ1v) is 7.18.